The largest absolute Gasteiger partial charge is 0.495 e. The molecule has 238 valence electrons. The quantitative estimate of drug-likeness (QED) is 0.198. The summed E-state index contributed by atoms with van der Waals surface area (Å²) in [5, 5.41) is 1.23. The van der Waals surface area contributed by atoms with Crippen molar-refractivity contribution in [3.63, 3.8) is 0 Å². The van der Waals surface area contributed by atoms with E-state index in [1.807, 2.05) is 71.9 Å². The molecule has 2 heterocycles. The van der Waals surface area contributed by atoms with Gasteiger partial charge in [-0.3, -0.25) is 9.59 Å². The summed E-state index contributed by atoms with van der Waals surface area (Å²) in [6, 6.07) is 14.4. The van der Waals surface area contributed by atoms with Crippen molar-refractivity contribution in [3.8, 4) is 22.8 Å². The summed E-state index contributed by atoms with van der Waals surface area (Å²) in [6.07, 6.45) is 7.15. The van der Waals surface area contributed by atoms with Gasteiger partial charge in [0.1, 0.15) is 23.0 Å². The van der Waals surface area contributed by atoms with Gasteiger partial charge in [-0.25, -0.2) is 4.42 Å². The predicted molar refractivity (Wildman–Crippen MR) is 186 cm³/mol. The topological polar surface area (TPSA) is 73.1 Å². The van der Waals surface area contributed by atoms with Crippen LogP contribution in [-0.2, 0) is 10.2 Å². The Balaban J connectivity index is 1.59. The number of hydrogen-bond donors (Lipinski definition) is 0. The van der Waals surface area contributed by atoms with Crippen LogP contribution in [-0.4, -0.2) is 14.2 Å². The normalized spacial score (nSPS) is 15.1. The number of methoxy groups -OCH3 is 2. The number of benzene rings is 2. The molecule has 3 aromatic carbocycles. The lowest BCUT2D eigenvalue weighted by Gasteiger charge is -2.29. The third-order valence-electron chi connectivity index (χ3n) is 7.72. The summed E-state index contributed by atoms with van der Waals surface area (Å²) in [7, 11) is 3.10. The molecule has 1 aliphatic rings. The van der Waals surface area contributed by atoms with Crippen molar-refractivity contribution in [2.75, 3.05) is 14.2 Å². The zero-order valence-corrected chi connectivity index (χ0v) is 28.7. The first-order chi connectivity index (χ1) is 21.6. The summed E-state index contributed by atoms with van der Waals surface area (Å²) >= 11 is 12.5. The second kappa shape index (κ2) is 12.6. The minimum atomic E-state index is -0.349. The molecular formula is C38H37Cl2O6+. The van der Waals surface area contributed by atoms with E-state index >= 15 is 0 Å². The Morgan fingerprint density at radius 1 is 0.761 bits per heavy atom. The smallest absolute Gasteiger partial charge is 0.360 e. The molecule has 0 saturated heterocycles. The van der Waals surface area contributed by atoms with Gasteiger partial charge < -0.3 is 14.2 Å². The van der Waals surface area contributed by atoms with Crippen molar-refractivity contribution in [3.05, 3.63) is 124 Å². The predicted octanol–water partition coefficient (Wildman–Crippen LogP) is 7.67. The number of ether oxygens (including phenoxy) is 3. The maximum atomic E-state index is 13.4. The maximum Gasteiger partial charge on any atom is 0.360 e. The summed E-state index contributed by atoms with van der Waals surface area (Å²) in [6.45, 7) is 12.2. The molecule has 0 amide bonds. The first-order valence-electron chi connectivity index (χ1n) is 14.9. The summed E-state index contributed by atoms with van der Waals surface area (Å²) < 4.78 is 23.4. The highest BCUT2D eigenvalue weighted by Crippen LogP contribution is 2.38. The summed E-state index contributed by atoms with van der Waals surface area (Å²) in [4.78, 5) is 26.9. The van der Waals surface area contributed by atoms with E-state index < -0.39 is 0 Å². The third-order valence-corrected chi connectivity index (χ3v) is 8.35. The summed E-state index contributed by atoms with van der Waals surface area (Å²) in [5.41, 5.74) is 0.925. The van der Waals surface area contributed by atoms with Crippen LogP contribution in [0.15, 0.2) is 80.4 Å². The van der Waals surface area contributed by atoms with Crippen molar-refractivity contribution in [1.82, 2.24) is 0 Å². The first-order valence-corrected chi connectivity index (χ1v) is 15.7. The number of allylic oxidation sites excluding steroid dienone is 3. The molecule has 0 fully saturated rings. The number of halogens is 2. The monoisotopic (exact) mass is 659 g/mol. The van der Waals surface area contributed by atoms with E-state index in [0.717, 1.165) is 16.9 Å². The molecule has 1 aliphatic heterocycles. The Hall–Kier alpha value is -4.13. The van der Waals surface area contributed by atoms with Crippen LogP contribution in [0.4, 0.5) is 0 Å². The third kappa shape index (κ3) is 6.84. The molecule has 0 N–H and O–H groups in total. The molecule has 0 radical (unpaired) electrons. The fourth-order valence-electron chi connectivity index (χ4n) is 5.06. The van der Waals surface area contributed by atoms with E-state index in [-0.39, 0.29) is 38.0 Å². The molecule has 1 unspecified atom stereocenters. The zero-order chi connectivity index (χ0) is 33.6. The van der Waals surface area contributed by atoms with Crippen molar-refractivity contribution in [1.29, 1.82) is 0 Å². The molecule has 6 nitrogen and oxygen atoms in total. The van der Waals surface area contributed by atoms with Crippen LogP contribution in [0.5, 0.6) is 11.5 Å². The van der Waals surface area contributed by atoms with Gasteiger partial charge in [-0.15, -0.1) is 0 Å². The van der Waals surface area contributed by atoms with Crippen LogP contribution >= 0.6 is 23.2 Å². The van der Waals surface area contributed by atoms with Crippen LogP contribution in [0.25, 0.3) is 29.2 Å². The molecule has 0 bridgehead atoms. The van der Waals surface area contributed by atoms with Gasteiger partial charge >= 0.3 is 11.5 Å². The van der Waals surface area contributed by atoms with Gasteiger partial charge in [0.2, 0.25) is 10.9 Å². The van der Waals surface area contributed by atoms with Gasteiger partial charge in [0.05, 0.1) is 51.7 Å². The highest BCUT2D eigenvalue weighted by molar-refractivity contribution is 6.32. The SMILES string of the molecule is COc1cc(C2=CC(C=c3c(=O)c(=Cc4cc(-c5ccc(Cl)c(OC)c5)[o+]c(C(C)(C)C)c4)c3=O)C=C(C(C)(C)C)O2)ccc1Cl. The molecule has 0 saturated carbocycles. The van der Waals surface area contributed by atoms with Crippen LogP contribution in [0.2, 0.25) is 10.0 Å². The second-order valence-corrected chi connectivity index (χ2v) is 14.2. The van der Waals surface area contributed by atoms with Crippen LogP contribution in [0.1, 0.15) is 58.4 Å². The van der Waals surface area contributed by atoms with E-state index in [1.165, 1.54) is 0 Å². The highest BCUT2D eigenvalue weighted by atomic mass is 35.5. The van der Waals surface area contributed by atoms with Crippen molar-refractivity contribution in [2.45, 2.75) is 47.0 Å². The van der Waals surface area contributed by atoms with Gasteiger partial charge in [0.15, 0.2) is 0 Å². The Morgan fingerprint density at radius 2 is 1.35 bits per heavy atom. The lowest BCUT2D eigenvalue weighted by atomic mass is 9.88. The average Bonchev–Trinajstić information content (AvgIpc) is 3.01. The van der Waals surface area contributed by atoms with E-state index in [0.29, 0.717) is 44.4 Å². The van der Waals surface area contributed by atoms with Gasteiger partial charge in [-0.05, 0) is 81.0 Å². The molecule has 46 heavy (non-hydrogen) atoms. The second-order valence-electron chi connectivity index (χ2n) is 13.4. The fraction of sp³-hybridized carbons (Fsp3) is 0.289. The molecule has 4 aromatic rings. The number of hydrogen-bond acceptors (Lipinski definition) is 5. The molecule has 0 aliphatic carbocycles. The zero-order valence-electron chi connectivity index (χ0n) is 27.2. The van der Waals surface area contributed by atoms with Crippen LogP contribution in [0.3, 0.4) is 0 Å². The molecule has 1 atom stereocenters. The van der Waals surface area contributed by atoms with Crippen molar-refractivity contribution in [2.24, 2.45) is 11.3 Å². The Bertz CT molecular complexity index is 2050. The standard InChI is InChI=1S/C38H37Cl2O6/c1-37(2,3)33-17-21(15-29(45-33)23-9-11-27(39)31(19-23)43-7)13-25-35(41)26(36(25)42)14-22-16-30(46-34(18-22)38(4,5)6)24-10-12-28(40)32(20-24)44-8/h9-21H,1-8H3/q+1. The van der Waals surface area contributed by atoms with Gasteiger partial charge in [0.25, 0.3) is 0 Å². The van der Waals surface area contributed by atoms with Gasteiger partial charge in [-0.2, -0.15) is 0 Å². The Kier molecular flexibility index (Phi) is 9.09. The molecule has 1 aromatic heterocycles. The fourth-order valence-corrected chi connectivity index (χ4v) is 5.45. The Labute approximate surface area is 278 Å². The van der Waals surface area contributed by atoms with E-state index in [1.54, 1.807) is 56.7 Å². The summed E-state index contributed by atoms with van der Waals surface area (Å²) in [5.74, 6) is 3.25. The molecule has 8 heteroatoms. The van der Waals surface area contributed by atoms with E-state index in [2.05, 4.69) is 0 Å². The molecular weight excluding hydrogens is 623 g/mol. The van der Waals surface area contributed by atoms with Crippen LogP contribution < -0.4 is 30.8 Å². The average molecular weight is 661 g/mol. The van der Waals surface area contributed by atoms with Gasteiger partial charge in [0, 0.05) is 23.0 Å². The lowest BCUT2D eigenvalue weighted by molar-refractivity contribution is 0.257. The van der Waals surface area contributed by atoms with Crippen molar-refractivity contribution >= 4 is 41.1 Å². The molecule has 5 rings (SSSR count). The van der Waals surface area contributed by atoms with E-state index in [9.17, 15) is 9.59 Å². The first kappa shape index (κ1) is 33.2. The highest BCUT2D eigenvalue weighted by Gasteiger charge is 2.30. The lowest BCUT2D eigenvalue weighted by Crippen LogP contribution is -2.64. The minimum Gasteiger partial charge on any atom is -0.495 e. The maximum absolute atomic E-state index is 13.4. The Morgan fingerprint density at radius 3 is 1.91 bits per heavy atom. The van der Waals surface area contributed by atoms with E-state index in [4.69, 9.17) is 41.8 Å². The number of rotatable bonds is 6. The van der Waals surface area contributed by atoms with Crippen molar-refractivity contribution < 1.29 is 18.6 Å². The van der Waals surface area contributed by atoms with Crippen LogP contribution in [0, 0.1) is 11.3 Å². The molecule has 0 spiro atoms. The van der Waals surface area contributed by atoms with Gasteiger partial charge in [-0.1, -0.05) is 50.0 Å². The minimum absolute atomic E-state index is 0.121.